The summed E-state index contributed by atoms with van der Waals surface area (Å²) in [6.45, 7) is 9.76. The number of ketones is 1. The predicted molar refractivity (Wildman–Crippen MR) is 168 cm³/mol. The molecule has 1 aliphatic heterocycles. The van der Waals surface area contributed by atoms with Crippen LogP contribution >= 0.6 is 0 Å². The molecule has 14 nitrogen and oxygen atoms in total. The van der Waals surface area contributed by atoms with E-state index in [1.54, 1.807) is 25.3 Å². The van der Waals surface area contributed by atoms with Crippen molar-refractivity contribution in [3.8, 4) is 5.75 Å². The van der Waals surface area contributed by atoms with Gasteiger partial charge in [-0.15, -0.1) is 0 Å². The van der Waals surface area contributed by atoms with Gasteiger partial charge >= 0.3 is 17.8 Å². The number of alkyl carbamates (subject to hydrolysis) is 1. The number of carbonyl (C=O) groups is 3. The van der Waals surface area contributed by atoms with Crippen molar-refractivity contribution in [1.29, 1.82) is 0 Å². The summed E-state index contributed by atoms with van der Waals surface area (Å²) in [5.74, 6) is -1.70. The maximum atomic E-state index is 14.0. The summed E-state index contributed by atoms with van der Waals surface area (Å²) in [7, 11) is 2.75. The molecule has 2 aromatic heterocycles. The molecule has 2 N–H and O–H groups in total. The van der Waals surface area contributed by atoms with Gasteiger partial charge in [-0.3, -0.25) is 18.7 Å². The number of methoxy groups -OCH3 is 1. The lowest BCUT2D eigenvalue weighted by atomic mass is 10.0. The number of carboxylic acids is 1. The highest BCUT2D eigenvalue weighted by Gasteiger charge is 2.30. The number of aromatic carboxylic acids is 1. The summed E-state index contributed by atoms with van der Waals surface area (Å²) in [5, 5.41) is 12.7. The molecule has 3 heterocycles. The standard InChI is InChI=1S/C31H40N6O8/c1-18(2)13-15-36-24-25(33-28(36)35-14-9-10-19(16-35)32-29(42)45-31(3,4)5)34(6)30(43)37(26(24)39)17-21(38)20-11-8-12-22(44-7)23(20)27(40)41/h8,11-13,19H,9-10,14-17H2,1-7H3,(H,32,42)(H,40,41). The average molecular weight is 625 g/mol. The quantitative estimate of drug-likeness (QED) is 0.267. The number of aryl methyl sites for hydroxylation is 1. The first kappa shape index (κ1) is 33.0. The molecule has 1 unspecified atom stereocenters. The zero-order valence-electron chi connectivity index (χ0n) is 26.7. The molecule has 45 heavy (non-hydrogen) atoms. The van der Waals surface area contributed by atoms with Crippen LogP contribution in [-0.2, 0) is 24.9 Å². The average Bonchev–Trinajstić information content (AvgIpc) is 3.35. The third kappa shape index (κ3) is 7.10. The monoisotopic (exact) mass is 624 g/mol. The van der Waals surface area contributed by atoms with E-state index in [1.807, 2.05) is 24.8 Å². The van der Waals surface area contributed by atoms with Crippen LogP contribution < -0.4 is 26.2 Å². The van der Waals surface area contributed by atoms with Gasteiger partial charge in [0.25, 0.3) is 5.56 Å². The van der Waals surface area contributed by atoms with Crippen LogP contribution in [0, 0.1) is 0 Å². The number of nitrogens with one attached hydrogen (secondary N) is 1. The van der Waals surface area contributed by atoms with E-state index >= 15 is 0 Å². The molecule has 0 radical (unpaired) electrons. The van der Waals surface area contributed by atoms with E-state index in [0.29, 0.717) is 19.0 Å². The smallest absolute Gasteiger partial charge is 0.407 e. The van der Waals surface area contributed by atoms with Gasteiger partial charge in [0, 0.05) is 38.3 Å². The summed E-state index contributed by atoms with van der Waals surface area (Å²) in [6.07, 6.45) is 2.85. The van der Waals surface area contributed by atoms with E-state index in [2.05, 4.69) is 5.32 Å². The zero-order chi connectivity index (χ0) is 33.2. The molecule has 0 saturated carbocycles. The number of allylic oxidation sites excluding steroid dienone is 2. The van der Waals surface area contributed by atoms with Crippen LogP contribution in [0.15, 0.2) is 39.4 Å². The number of benzene rings is 1. The Balaban J connectivity index is 1.79. The SMILES string of the molecule is COc1cccc(C(=O)Cn2c(=O)c3c(nc(N4CCCC(NC(=O)OC(C)(C)C)C4)n3CC=C(C)C)n(C)c2=O)c1C(=O)O. The number of rotatable bonds is 9. The molecule has 0 spiro atoms. The molecule has 4 rings (SSSR count). The lowest BCUT2D eigenvalue weighted by Crippen LogP contribution is -2.49. The largest absolute Gasteiger partial charge is 0.496 e. The minimum atomic E-state index is -1.38. The fourth-order valence-electron chi connectivity index (χ4n) is 5.32. The van der Waals surface area contributed by atoms with E-state index in [-0.39, 0.29) is 40.6 Å². The minimum Gasteiger partial charge on any atom is -0.496 e. The van der Waals surface area contributed by atoms with Crippen molar-refractivity contribution >= 4 is 35.0 Å². The molecule has 1 fully saturated rings. The van der Waals surface area contributed by atoms with Gasteiger partial charge in [-0.25, -0.2) is 14.4 Å². The van der Waals surface area contributed by atoms with Gasteiger partial charge in [-0.05, 0) is 53.5 Å². The van der Waals surface area contributed by atoms with Gasteiger partial charge in [-0.2, -0.15) is 4.98 Å². The van der Waals surface area contributed by atoms with Gasteiger partial charge in [0.15, 0.2) is 16.9 Å². The molecular weight excluding hydrogens is 584 g/mol. The van der Waals surface area contributed by atoms with Crippen LogP contribution in [0.2, 0.25) is 0 Å². The first-order valence-corrected chi connectivity index (χ1v) is 14.6. The summed E-state index contributed by atoms with van der Waals surface area (Å²) < 4.78 is 14.3. The van der Waals surface area contributed by atoms with Gasteiger partial charge in [-0.1, -0.05) is 23.8 Å². The second-order valence-electron chi connectivity index (χ2n) is 12.3. The van der Waals surface area contributed by atoms with Crippen molar-refractivity contribution in [3.05, 3.63) is 61.8 Å². The molecular formula is C31H40N6O8. The van der Waals surface area contributed by atoms with Gasteiger partial charge in [0.05, 0.1) is 13.7 Å². The Morgan fingerprint density at radius 2 is 1.87 bits per heavy atom. The second-order valence-corrected chi connectivity index (χ2v) is 12.3. The van der Waals surface area contributed by atoms with Crippen LogP contribution in [-0.4, -0.2) is 73.5 Å². The molecule has 0 bridgehead atoms. The molecule has 14 heteroatoms. The number of nitrogens with zero attached hydrogens (tertiary/aromatic N) is 5. The van der Waals surface area contributed by atoms with Crippen molar-refractivity contribution in [3.63, 3.8) is 0 Å². The van der Waals surface area contributed by atoms with Crippen LogP contribution in [0.5, 0.6) is 5.75 Å². The number of carbonyl (C=O) groups excluding carboxylic acids is 2. The Kier molecular flexibility index (Phi) is 9.54. The number of aromatic nitrogens is 4. The Bertz CT molecular complexity index is 1790. The molecule has 1 atom stereocenters. The molecule has 1 aliphatic rings. The van der Waals surface area contributed by atoms with Crippen molar-refractivity contribution in [2.24, 2.45) is 7.05 Å². The lowest BCUT2D eigenvalue weighted by molar-refractivity contribution is 0.0499. The number of hydrogen-bond acceptors (Lipinski definition) is 9. The normalized spacial score (nSPS) is 15.1. The Morgan fingerprint density at radius 3 is 2.49 bits per heavy atom. The van der Waals surface area contributed by atoms with Crippen LogP contribution in [0.4, 0.5) is 10.7 Å². The van der Waals surface area contributed by atoms with E-state index in [1.165, 1.54) is 36.9 Å². The molecule has 1 saturated heterocycles. The summed E-state index contributed by atoms with van der Waals surface area (Å²) in [4.78, 5) is 72.0. The highest BCUT2D eigenvalue weighted by molar-refractivity contribution is 6.07. The number of Topliss-reactive ketones (excluding diaryl/α,β-unsaturated/α-hetero) is 1. The number of anilines is 1. The van der Waals surface area contributed by atoms with Crippen molar-refractivity contribution < 1.29 is 29.0 Å². The fourth-order valence-corrected chi connectivity index (χ4v) is 5.32. The number of carboxylic acid groups (broad SMARTS) is 1. The number of ether oxygens (including phenoxy) is 2. The van der Waals surface area contributed by atoms with Crippen molar-refractivity contribution in [1.82, 2.24) is 24.0 Å². The molecule has 3 aromatic rings. The number of hydrogen-bond donors (Lipinski definition) is 2. The summed E-state index contributed by atoms with van der Waals surface area (Å²) in [5.41, 5.74) is -1.46. The number of fused-ring (bicyclic) bond motifs is 1. The van der Waals surface area contributed by atoms with Gasteiger partial charge < -0.3 is 29.4 Å². The highest BCUT2D eigenvalue weighted by atomic mass is 16.6. The van der Waals surface area contributed by atoms with Gasteiger partial charge in [0.1, 0.15) is 16.9 Å². The Labute approximate surface area is 259 Å². The first-order chi connectivity index (χ1) is 21.1. The van der Waals surface area contributed by atoms with Crippen molar-refractivity contribution in [2.75, 3.05) is 25.1 Å². The summed E-state index contributed by atoms with van der Waals surface area (Å²) >= 11 is 0. The second kappa shape index (κ2) is 13.0. The van der Waals surface area contributed by atoms with E-state index < -0.39 is 41.2 Å². The van der Waals surface area contributed by atoms with E-state index in [9.17, 15) is 29.1 Å². The van der Waals surface area contributed by atoms with Gasteiger partial charge in [0.2, 0.25) is 5.95 Å². The number of amides is 1. The zero-order valence-corrected chi connectivity index (χ0v) is 26.7. The highest BCUT2D eigenvalue weighted by Crippen LogP contribution is 2.25. The maximum Gasteiger partial charge on any atom is 0.407 e. The predicted octanol–water partition coefficient (Wildman–Crippen LogP) is 2.95. The molecule has 1 amide bonds. The van der Waals surface area contributed by atoms with Crippen LogP contribution in [0.1, 0.15) is 68.2 Å². The maximum absolute atomic E-state index is 14.0. The van der Waals surface area contributed by atoms with Crippen molar-refractivity contribution in [2.45, 2.75) is 72.2 Å². The Hall–Kier alpha value is -4.88. The number of imidazole rings is 1. The van der Waals surface area contributed by atoms with E-state index in [4.69, 9.17) is 14.5 Å². The minimum absolute atomic E-state index is 0.0190. The van der Waals surface area contributed by atoms with Crippen LogP contribution in [0.25, 0.3) is 11.2 Å². The summed E-state index contributed by atoms with van der Waals surface area (Å²) in [6, 6.07) is 3.95. The van der Waals surface area contributed by atoms with Crippen LogP contribution in [0.3, 0.4) is 0 Å². The third-order valence-electron chi connectivity index (χ3n) is 7.38. The topological polar surface area (TPSA) is 167 Å². The fraction of sp³-hybridized carbons (Fsp3) is 0.484. The third-order valence-corrected chi connectivity index (χ3v) is 7.38. The number of piperidine rings is 1. The first-order valence-electron chi connectivity index (χ1n) is 14.6. The molecule has 0 aliphatic carbocycles. The Morgan fingerprint density at radius 1 is 1.16 bits per heavy atom. The lowest BCUT2D eigenvalue weighted by Gasteiger charge is -2.34. The van der Waals surface area contributed by atoms with E-state index in [0.717, 1.165) is 23.0 Å². The molecule has 1 aromatic carbocycles. The molecule has 242 valence electrons.